The predicted octanol–water partition coefficient (Wildman–Crippen LogP) is 4.14. The van der Waals surface area contributed by atoms with Crippen molar-refractivity contribution in [2.75, 3.05) is 11.2 Å². The summed E-state index contributed by atoms with van der Waals surface area (Å²) in [6.45, 7) is 0.189. The van der Waals surface area contributed by atoms with E-state index in [2.05, 4.69) is 4.98 Å². The number of hydrogen-bond donors (Lipinski definition) is 0. The lowest BCUT2D eigenvalue weighted by Gasteiger charge is -2.18. The Morgan fingerprint density at radius 2 is 1.86 bits per heavy atom. The number of furan rings is 1. The van der Waals surface area contributed by atoms with Gasteiger partial charge in [-0.25, -0.2) is 13.4 Å². The monoisotopic (exact) mass is 412 g/mol. The van der Waals surface area contributed by atoms with Gasteiger partial charge in [-0.1, -0.05) is 35.6 Å². The second kappa shape index (κ2) is 7.21. The van der Waals surface area contributed by atoms with E-state index < -0.39 is 9.84 Å². The van der Waals surface area contributed by atoms with E-state index in [-0.39, 0.29) is 17.3 Å². The van der Waals surface area contributed by atoms with E-state index in [1.165, 1.54) is 22.3 Å². The molecule has 4 aromatic rings. The fraction of sp³-hybridized carbons (Fsp3) is 0.100. The molecule has 2 aromatic heterocycles. The molecule has 0 saturated carbocycles. The number of nitrogens with zero attached hydrogens (tertiary/aromatic N) is 2. The fourth-order valence-electron chi connectivity index (χ4n) is 2.85. The van der Waals surface area contributed by atoms with Crippen molar-refractivity contribution in [2.45, 2.75) is 11.4 Å². The molecule has 0 N–H and O–H groups in total. The van der Waals surface area contributed by atoms with Crippen molar-refractivity contribution in [3.05, 3.63) is 78.3 Å². The van der Waals surface area contributed by atoms with Gasteiger partial charge in [-0.3, -0.25) is 9.69 Å². The van der Waals surface area contributed by atoms with Crippen LogP contribution in [0.25, 0.3) is 10.2 Å². The molecule has 4 rings (SSSR count). The Kier molecular flexibility index (Phi) is 4.74. The van der Waals surface area contributed by atoms with Gasteiger partial charge < -0.3 is 4.42 Å². The van der Waals surface area contributed by atoms with Gasteiger partial charge in [0.05, 0.1) is 22.4 Å². The molecule has 0 aliphatic heterocycles. The number of amides is 1. The normalized spacial score (nSPS) is 11.6. The number of thiazole rings is 1. The topological polar surface area (TPSA) is 80.5 Å². The van der Waals surface area contributed by atoms with Crippen LogP contribution < -0.4 is 4.90 Å². The van der Waals surface area contributed by atoms with E-state index in [9.17, 15) is 13.2 Å². The Bertz CT molecular complexity index is 1230. The summed E-state index contributed by atoms with van der Waals surface area (Å²) < 4.78 is 30.3. The van der Waals surface area contributed by atoms with Crippen molar-refractivity contribution >= 4 is 42.4 Å². The average Bonchev–Trinajstić information content (AvgIpc) is 3.34. The Balaban J connectivity index is 1.83. The third-order valence-corrected chi connectivity index (χ3v) is 6.33. The van der Waals surface area contributed by atoms with E-state index in [0.717, 1.165) is 6.26 Å². The number of benzene rings is 2. The van der Waals surface area contributed by atoms with Crippen LogP contribution in [-0.4, -0.2) is 25.6 Å². The van der Waals surface area contributed by atoms with Gasteiger partial charge in [0.1, 0.15) is 11.3 Å². The molecule has 0 unspecified atom stereocenters. The molecule has 142 valence electrons. The largest absolute Gasteiger partial charge is 0.467 e. The molecule has 0 spiro atoms. The van der Waals surface area contributed by atoms with Gasteiger partial charge in [0.15, 0.2) is 15.0 Å². The van der Waals surface area contributed by atoms with Crippen LogP contribution in [0.4, 0.5) is 5.13 Å². The average molecular weight is 412 g/mol. The Morgan fingerprint density at radius 3 is 2.54 bits per heavy atom. The Labute approximate surface area is 166 Å². The summed E-state index contributed by atoms with van der Waals surface area (Å²) in [5, 5.41) is 0.413. The minimum Gasteiger partial charge on any atom is -0.467 e. The van der Waals surface area contributed by atoms with Gasteiger partial charge in [-0.05, 0) is 36.4 Å². The number of carbonyl (C=O) groups excluding carboxylic acids is 1. The molecule has 28 heavy (non-hydrogen) atoms. The van der Waals surface area contributed by atoms with Gasteiger partial charge in [0.25, 0.3) is 5.91 Å². The van der Waals surface area contributed by atoms with Gasteiger partial charge in [0, 0.05) is 11.8 Å². The molecule has 0 radical (unpaired) electrons. The molecule has 2 aromatic carbocycles. The predicted molar refractivity (Wildman–Crippen MR) is 108 cm³/mol. The van der Waals surface area contributed by atoms with E-state index in [1.54, 1.807) is 54.8 Å². The molecule has 8 heteroatoms. The van der Waals surface area contributed by atoms with Crippen LogP contribution in [0.3, 0.4) is 0 Å². The molecule has 2 heterocycles. The molecule has 0 aliphatic carbocycles. The molecule has 0 aliphatic rings. The number of sulfone groups is 1. The van der Waals surface area contributed by atoms with Crippen LogP contribution in [-0.2, 0) is 16.4 Å². The number of para-hydroxylation sites is 1. The first-order valence-corrected chi connectivity index (χ1v) is 11.1. The second-order valence-electron chi connectivity index (χ2n) is 6.21. The standard InChI is InChI=1S/C20H16N2O4S2/c1-28(24,25)17-11-5-10-16-18(17)21-20(27-16)22(13-15-9-6-12-26-15)19(23)14-7-3-2-4-8-14/h2-12H,13H2,1H3. The third kappa shape index (κ3) is 3.56. The number of rotatable bonds is 5. The number of carbonyl (C=O) groups is 1. The highest BCUT2D eigenvalue weighted by atomic mass is 32.2. The lowest BCUT2D eigenvalue weighted by Crippen LogP contribution is -2.30. The van der Waals surface area contributed by atoms with Gasteiger partial charge >= 0.3 is 0 Å². The van der Waals surface area contributed by atoms with Gasteiger partial charge in [-0.2, -0.15) is 0 Å². The highest BCUT2D eigenvalue weighted by molar-refractivity contribution is 7.91. The highest BCUT2D eigenvalue weighted by Gasteiger charge is 2.24. The van der Waals surface area contributed by atoms with Crippen molar-refractivity contribution in [2.24, 2.45) is 0 Å². The lowest BCUT2D eigenvalue weighted by molar-refractivity contribution is 0.0983. The summed E-state index contributed by atoms with van der Waals surface area (Å²) in [4.78, 5) is 19.3. The van der Waals surface area contributed by atoms with Crippen LogP contribution in [0.5, 0.6) is 0 Å². The van der Waals surface area contributed by atoms with Crippen molar-refractivity contribution in [3.63, 3.8) is 0 Å². The number of aromatic nitrogens is 1. The maximum atomic E-state index is 13.2. The Hall–Kier alpha value is -2.97. The molecule has 6 nitrogen and oxygen atoms in total. The van der Waals surface area contributed by atoms with Crippen molar-refractivity contribution in [1.29, 1.82) is 0 Å². The van der Waals surface area contributed by atoms with E-state index >= 15 is 0 Å². The van der Waals surface area contributed by atoms with Gasteiger partial charge in [-0.15, -0.1) is 0 Å². The second-order valence-corrected chi connectivity index (χ2v) is 9.20. The summed E-state index contributed by atoms with van der Waals surface area (Å²) in [5.74, 6) is 0.365. The van der Waals surface area contributed by atoms with Crippen molar-refractivity contribution < 1.29 is 17.6 Å². The summed E-state index contributed by atoms with van der Waals surface area (Å²) in [6.07, 6.45) is 2.69. The van der Waals surface area contributed by atoms with Gasteiger partial charge in [0.2, 0.25) is 0 Å². The minimum atomic E-state index is -3.44. The molecular formula is C20H16N2O4S2. The maximum Gasteiger partial charge on any atom is 0.260 e. The first-order chi connectivity index (χ1) is 13.4. The summed E-state index contributed by atoms with van der Waals surface area (Å²) in [6, 6.07) is 17.4. The molecular weight excluding hydrogens is 396 g/mol. The SMILES string of the molecule is CS(=O)(=O)c1cccc2sc(N(Cc3ccco3)C(=O)c3ccccc3)nc12. The number of hydrogen-bond acceptors (Lipinski definition) is 6. The quantitative estimate of drug-likeness (QED) is 0.492. The van der Waals surface area contributed by atoms with Crippen LogP contribution in [0.1, 0.15) is 16.1 Å². The zero-order chi connectivity index (χ0) is 19.7. The van der Waals surface area contributed by atoms with E-state index in [1.807, 2.05) is 6.07 Å². The summed E-state index contributed by atoms with van der Waals surface area (Å²) in [7, 11) is -3.44. The molecule has 1 amide bonds. The molecule has 0 fully saturated rings. The number of anilines is 1. The van der Waals surface area contributed by atoms with Crippen molar-refractivity contribution in [3.8, 4) is 0 Å². The summed E-state index contributed by atoms with van der Waals surface area (Å²) in [5.41, 5.74) is 0.881. The van der Waals surface area contributed by atoms with E-state index in [0.29, 0.717) is 26.7 Å². The maximum absolute atomic E-state index is 13.2. The van der Waals surface area contributed by atoms with Crippen LogP contribution >= 0.6 is 11.3 Å². The summed E-state index contributed by atoms with van der Waals surface area (Å²) >= 11 is 1.27. The molecule has 0 atom stereocenters. The van der Waals surface area contributed by atoms with Crippen LogP contribution in [0.15, 0.2) is 76.2 Å². The minimum absolute atomic E-state index is 0.151. The van der Waals surface area contributed by atoms with Crippen molar-refractivity contribution in [1.82, 2.24) is 4.98 Å². The zero-order valence-corrected chi connectivity index (χ0v) is 16.5. The smallest absolute Gasteiger partial charge is 0.260 e. The Morgan fingerprint density at radius 1 is 1.07 bits per heavy atom. The molecule has 0 bridgehead atoms. The first-order valence-electron chi connectivity index (χ1n) is 8.42. The number of fused-ring (bicyclic) bond motifs is 1. The lowest BCUT2D eigenvalue weighted by atomic mass is 10.2. The first kappa shape index (κ1) is 18.4. The zero-order valence-electron chi connectivity index (χ0n) is 14.9. The van der Waals surface area contributed by atoms with Crippen LogP contribution in [0.2, 0.25) is 0 Å². The van der Waals surface area contributed by atoms with E-state index in [4.69, 9.17) is 4.42 Å². The molecule has 0 saturated heterocycles. The van der Waals surface area contributed by atoms with Crippen LogP contribution in [0, 0.1) is 0 Å². The highest BCUT2D eigenvalue weighted by Crippen LogP contribution is 2.34. The third-order valence-electron chi connectivity index (χ3n) is 4.16. The fourth-order valence-corrected chi connectivity index (χ4v) is 4.73.